The van der Waals surface area contributed by atoms with Crippen molar-refractivity contribution in [2.24, 2.45) is 0 Å². The molecule has 0 fully saturated rings. The summed E-state index contributed by atoms with van der Waals surface area (Å²) in [6.45, 7) is 3.55. The van der Waals surface area contributed by atoms with Gasteiger partial charge in [0, 0.05) is 16.5 Å². The van der Waals surface area contributed by atoms with E-state index >= 15 is 0 Å². The van der Waals surface area contributed by atoms with Crippen molar-refractivity contribution < 1.29 is 19.1 Å². The molecule has 2 aromatic heterocycles. The quantitative estimate of drug-likeness (QED) is 0.265. The van der Waals surface area contributed by atoms with Crippen LogP contribution in [0, 0.1) is 6.92 Å². The fourth-order valence-electron chi connectivity index (χ4n) is 3.70. The van der Waals surface area contributed by atoms with Crippen LogP contribution in [0.1, 0.15) is 22.8 Å². The van der Waals surface area contributed by atoms with E-state index in [1.807, 2.05) is 60.8 Å². The number of carbonyl (C=O) groups is 2. The van der Waals surface area contributed by atoms with Gasteiger partial charge in [0.15, 0.2) is 11.2 Å². The third kappa shape index (κ3) is 5.36. The Morgan fingerprint density at radius 2 is 1.70 bits per heavy atom. The number of aromatic nitrogens is 3. The number of amides is 1. The molecule has 0 radical (unpaired) electrons. The van der Waals surface area contributed by atoms with Gasteiger partial charge < -0.3 is 14.5 Å². The lowest BCUT2D eigenvalue weighted by Crippen LogP contribution is -2.29. The van der Waals surface area contributed by atoms with Crippen molar-refractivity contribution >= 4 is 39.4 Å². The molecule has 9 heteroatoms. The first-order valence-corrected chi connectivity index (χ1v) is 12.5. The summed E-state index contributed by atoms with van der Waals surface area (Å²) in [6.07, 6.45) is -1.01. The van der Waals surface area contributed by atoms with Crippen LogP contribution in [0.25, 0.3) is 33.7 Å². The van der Waals surface area contributed by atoms with Crippen LogP contribution in [0.2, 0.25) is 0 Å². The van der Waals surface area contributed by atoms with E-state index in [0.29, 0.717) is 22.0 Å². The number of nitrogens with one attached hydrogen (secondary N) is 2. The second-order valence-corrected chi connectivity index (χ2v) is 9.34. The third-order valence-electron chi connectivity index (χ3n) is 5.82. The summed E-state index contributed by atoms with van der Waals surface area (Å²) in [7, 11) is 1.61. The second-order valence-electron chi connectivity index (χ2n) is 8.49. The number of hydrogen-bond acceptors (Lipinski definition) is 7. The number of anilines is 1. The molecule has 3 aromatic carbocycles. The Morgan fingerprint density at radius 3 is 2.43 bits per heavy atom. The molecule has 5 aromatic rings. The van der Waals surface area contributed by atoms with Gasteiger partial charge >= 0.3 is 5.97 Å². The van der Waals surface area contributed by atoms with Crippen LogP contribution in [0.15, 0.2) is 72.1 Å². The van der Waals surface area contributed by atoms with Crippen LogP contribution in [-0.2, 0) is 9.53 Å². The molecule has 0 bridgehead atoms. The Kier molecular flexibility index (Phi) is 6.70. The zero-order chi connectivity index (χ0) is 25.9. The number of H-pyrrole nitrogens is 1. The Hall–Kier alpha value is -4.50. The van der Waals surface area contributed by atoms with Crippen molar-refractivity contribution in [2.45, 2.75) is 20.0 Å². The number of hydrogen-bond donors (Lipinski definition) is 2. The number of esters is 1. The van der Waals surface area contributed by atoms with Crippen LogP contribution in [0.3, 0.4) is 0 Å². The van der Waals surface area contributed by atoms with Gasteiger partial charge in [0.1, 0.15) is 11.6 Å². The molecular formula is C28H24N4O4S. The number of benzene rings is 3. The van der Waals surface area contributed by atoms with E-state index in [4.69, 9.17) is 9.47 Å². The first kappa shape index (κ1) is 24.2. The van der Waals surface area contributed by atoms with E-state index in [1.165, 1.54) is 18.3 Å². The number of methoxy groups -OCH3 is 1. The van der Waals surface area contributed by atoms with E-state index in [9.17, 15) is 9.59 Å². The number of fused-ring (bicyclic) bond motifs is 1. The van der Waals surface area contributed by atoms with E-state index in [2.05, 4.69) is 20.3 Å². The minimum atomic E-state index is -1.01. The third-order valence-corrected chi connectivity index (χ3v) is 6.57. The maximum absolute atomic E-state index is 12.8. The Balaban J connectivity index is 1.23. The average molecular weight is 513 g/mol. The average Bonchev–Trinajstić information content (AvgIpc) is 3.56. The Morgan fingerprint density at radius 1 is 0.973 bits per heavy atom. The second kappa shape index (κ2) is 10.2. The monoisotopic (exact) mass is 512 g/mol. The molecule has 2 heterocycles. The predicted octanol–water partition coefficient (Wildman–Crippen LogP) is 5.85. The number of aryl methyl sites for hydroxylation is 1. The highest BCUT2D eigenvalue weighted by Crippen LogP contribution is 2.27. The van der Waals surface area contributed by atoms with Gasteiger partial charge in [0.2, 0.25) is 0 Å². The number of ether oxygens (including phenoxy) is 2. The number of imidazole rings is 1. The van der Waals surface area contributed by atoms with E-state index in [1.54, 1.807) is 25.3 Å². The molecular weight excluding hydrogens is 488 g/mol. The largest absolute Gasteiger partial charge is 0.497 e. The molecule has 0 spiro atoms. The molecule has 0 aliphatic carbocycles. The number of nitrogens with zero attached hydrogens (tertiary/aromatic N) is 2. The van der Waals surface area contributed by atoms with Crippen LogP contribution in [-0.4, -0.2) is 40.0 Å². The molecule has 0 aliphatic heterocycles. The van der Waals surface area contributed by atoms with Crippen molar-refractivity contribution in [3.63, 3.8) is 0 Å². The number of rotatable bonds is 7. The first-order chi connectivity index (χ1) is 17.9. The molecule has 0 saturated carbocycles. The topological polar surface area (TPSA) is 106 Å². The van der Waals surface area contributed by atoms with Gasteiger partial charge in [0.25, 0.3) is 5.91 Å². The lowest BCUT2D eigenvalue weighted by atomic mass is 10.1. The molecule has 8 nitrogen and oxygen atoms in total. The van der Waals surface area contributed by atoms with Gasteiger partial charge in [-0.1, -0.05) is 29.8 Å². The fraction of sp³-hybridized carbons (Fsp3) is 0.143. The molecule has 1 atom stereocenters. The Bertz CT molecular complexity index is 1570. The minimum absolute atomic E-state index is 0.322. The SMILES string of the molecule is COc1ccc(-c2csc(NC(=O)C(C)OC(=O)c3ccc4nc(-c5ccc(C)cc5)[nH]c4c3)n2)cc1. The first-order valence-electron chi connectivity index (χ1n) is 11.6. The van der Waals surface area contributed by atoms with Gasteiger partial charge in [-0.25, -0.2) is 14.8 Å². The van der Waals surface area contributed by atoms with Crippen molar-refractivity contribution in [1.82, 2.24) is 15.0 Å². The van der Waals surface area contributed by atoms with Crippen LogP contribution in [0.4, 0.5) is 5.13 Å². The zero-order valence-electron chi connectivity index (χ0n) is 20.4. The lowest BCUT2D eigenvalue weighted by Gasteiger charge is -2.12. The van der Waals surface area contributed by atoms with Gasteiger partial charge in [-0.2, -0.15) is 0 Å². The molecule has 2 N–H and O–H groups in total. The van der Waals surface area contributed by atoms with Crippen molar-refractivity contribution in [1.29, 1.82) is 0 Å². The fourth-order valence-corrected chi connectivity index (χ4v) is 4.42. The van der Waals surface area contributed by atoms with Gasteiger partial charge in [0.05, 0.1) is 29.4 Å². The van der Waals surface area contributed by atoms with E-state index in [0.717, 1.165) is 33.7 Å². The molecule has 5 rings (SSSR count). The number of carbonyl (C=O) groups excluding carboxylic acids is 2. The van der Waals surface area contributed by atoms with Crippen molar-refractivity contribution in [3.8, 4) is 28.4 Å². The van der Waals surface area contributed by atoms with Crippen molar-refractivity contribution in [2.75, 3.05) is 12.4 Å². The van der Waals surface area contributed by atoms with E-state index < -0.39 is 18.0 Å². The highest BCUT2D eigenvalue weighted by atomic mass is 32.1. The van der Waals surface area contributed by atoms with E-state index in [-0.39, 0.29) is 0 Å². The summed E-state index contributed by atoms with van der Waals surface area (Å²) < 4.78 is 10.6. The van der Waals surface area contributed by atoms with Crippen LogP contribution in [0.5, 0.6) is 5.75 Å². The summed E-state index contributed by atoms with van der Waals surface area (Å²) >= 11 is 1.29. The summed E-state index contributed by atoms with van der Waals surface area (Å²) in [5.41, 5.74) is 5.50. The summed E-state index contributed by atoms with van der Waals surface area (Å²) in [4.78, 5) is 37.7. The van der Waals surface area contributed by atoms with Crippen LogP contribution < -0.4 is 10.1 Å². The lowest BCUT2D eigenvalue weighted by molar-refractivity contribution is -0.123. The molecule has 37 heavy (non-hydrogen) atoms. The number of aromatic amines is 1. The van der Waals surface area contributed by atoms with Crippen molar-refractivity contribution in [3.05, 3.63) is 83.2 Å². The van der Waals surface area contributed by atoms with Gasteiger partial charge in [-0.05, 0) is 56.3 Å². The van der Waals surface area contributed by atoms with Crippen LogP contribution >= 0.6 is 11.3 Å². The molecule has 1 amide bonds. The summed E-state index contributed by atoms with van der Waals surface area (Å²) in [5, 5.41) is 4.98. The highest BCUT2D eigenvalue weighted by Gasteiger charge is 2.21. The smallest absolute Gasteiger partial charge is 0.338 e. The Labute approximate surface area is 217 Å². The maximum atomic E-state index is 12.8. The summed E-state index contributed by atoms with van der Waals surface area (Å²) in [5.74, 6) is 0.398. The maximum Gasteiger partial charge on any atom is 0.338 e. The standard InChI is InChI=1S/C28H24N4O4S/c1-16-4-6-19(7-5-16)25-29-22-13-10-20(14-23(22)30-25)27(34)36-17(2)26(33)32-28-31-24(15-37-28)18-8-11-21(35-3)12-9-18/h4-15,17H,1-3H3,(H,29,30)(H,31,32,33). The molecule has 0 aliphatic rings. The highest BCUT2D eigenvalue weighted by molar-refractivity contribution is 7.14. The number of thiazole rings is 1. The predicted molar refractivity (Wildman–Crippen MR) is 144 cm³/mol. The molecule has 1 unspecified atom stereocenters. The minimum Gasteiger partial charge on any atom is -0.497 e. The normalized spacial score (nSPS) is 11.8. The molecule has 186 valence electrons. The zero-order valence-corrected chi connectivity index (χ0v) is 21.3. The summed E-state index contributed by atoms with van der Waals surface area (Å²) in [6, 6.07) is 20.6. The van der Waals surface area contributed by atoms with Gasteiger partial charge in [-0.3, -0.25) is 10.1 Å². The van der Waals surface area contributed by atoms with Gasteiger partial charge in [-0.15, -0.1) is 11.3 Å². The molecule has 0 saturated heterocycles.